The van der Waals surface area contributed by atoms with Gasteiger partial charge in [0.25, 0.3) is 0 Å². The molecule has 0 aromatic carbocycles. The third-order valence-electron chi connectivity index (χ3n) is 4.14. The highest BCUT2D eigenvalue weighted by Crippen LogP contribution is 2.11. The summed E-state index contributed by atoms with van der Waals surface area (Å²) in [6, 6.07) is 5.00. The first-order chi connectivity index (χ1) is 9.83. The Morgan fingerprint density at radius 1 is 1.29 bits per heavy atom. The van der Waals surface area contributed by atoms with Gasteiger partial charge in [-0.2, -0.15) is 0 Å². The molecule has 4 heteroatoms. The molecule has 0 spiro atoms. The maximum atomic E-state index is 4.62. The van der Waals surface area contributed by atoms with Crippen LogP contribution in [0.15, 0.2) is 18.3 Å². The fraction of sp³-hybridized carbons (Fsp3) is 0.706. The van der Waals surface area contributed by atoms with E-state index in [1.807, 2.05) is 6.20 Å². The van der Waals surface area contributed by atoms with Gasteiger partial charge in [0.2, 0.25) is 0 Å². The van der Waals surface area contributed by atoms with Crippen LogP contribution in [0.4, 0.5) is 0 Å². The van der Waals surface area contributed by atoms with Gasteiger partial charge in [-0.25, -0.2) is 0 Å². The molecule has 0 saturated carbocycles. The van der Waals surface area contributed by atoms with E-state index in [0.717, 1.165) is 32.7 Å². The molecule has 1 atom stereocenters. The molecule has 1 unspecified atom stereocenters. The summed E-state index contributed by atoms with van der Waals surface area (Å²) in [6.45, 7) is 14.1. The van der Waals surface area contributed by atoms with Gasteiger partial charge in [0, 0.05) is 50.5 Å². The zero-order chi connectivity index (χ0) is 15.5. The van der Waals surface area contributed by atoms with E-state index < -0.39 is 0 Å². The molecule has 1 fully saturated rings. The van der Waals surface area contributed by atoms with Crippen LogP contribution in [0.2, 0.25) is 0 Å². The molecule has 0 bridgehead atoms. The van der Waals surface area contributed by atoms with Gasteiger partial charge in [-0.15, -0.1) is 0 Å². The van der Waals surface area contributed by atoms with Gasteiger partial charge in [-0.3, -0.25) is 9.88 Å². The molecule has 0 amide bonds. The van der Waals surface area contributed by atoms with Crippen molar-refractivity contribution in [3.05, 3.63) is 29.6 Å². The molecule has 118 valence electrons. The third-order valence-corrected chi connectivity index (χ3v) is 4.14. The first-order valence-corrected chi connectivity index (χ1v) is 7.95. The van der Waals surface area contributed by atoms with Crippen molar-refractivity contribution in [1.82, 2.24) is 20.1 Å². The molecule has 1 N–H and O–H groups in total. The predicted molar refractivity (Wildman–Crippen MR) is 88.2 cm³/mol. The maximum absolute atomic E-state index is 4.62. The first-order valence-electron chi connectivity index (χ1n) is 7.95. The van der Waals surface area contributed by atoms with E-state index in [9.17, 15) is 0 Å². The Hall–Kier alpha value is -0.970. The quantitative estimate of drug-likeness (QED) is 0.920. The molecular formula is C17H30N4. The second-order valence-electron chi connectivity index (χ2n) is 7.33. The number of pyridine rings is 1. The van der Waals surface area contributed by atoms with E-state index >= 15 is 0 Å². The van der Waals surface area contributed by atoms with E-state index in [1.54, 1.807) is 0 Å². The SMILES string of the molecule is CC1CN(Cc2ccc(CNC(C)(C)C)cn2)CCN1C. The van der Waals surface area contributed by atoms with Gasteiger partial charge >= 0.3 is 0 Å². The normalized spacial score (nSPS) is 21.7. The highest BCUT2D eigenvalue weighted by molar-refractivity contribution is 5.14. The Morgan fingerprint density at radius 2 is 2.05 bits per heavy atom. The Morgan fingerprint density at radius 3 is 2.62 bits per heavy atom. The third kappa shape index (κ3) is 5.38. The molecule has 2 heterocycles. The largest absolute Gasteiger partial charge is 0.308 e. The standard InChI is InChI=1S/C17H30N4/c1-14-12-21(9-8-20(14)5)13-16-7-6-15(10-18-16)11-19-17(2,3)4/h6-7,10,14,19H,8-9,11-13H2,1-5H3. The van der Waals surface area contributed by atoms with E-state index in [1.165, 1.54) is 11.3 Å². The van der Waals surface area contributed by atoms with Gasteiger partial charge in [0.05, 0.1) is 5.69 Å². The van der Waals surface area contributed by atoms with Crippen LogP contribution >= 0.6 is 0 Å². The van der Waals surface area contributed by atoms with Crippen LogP contribution in [0, 0.1) is 0 Å². The summed E-state index contributed by atoms with van der Waals surface area (Å²) in [6.07, 6.45) is 2.01. The monoisotopic (exact) mass is 290 g/mol. The van der Waals surface area contributed by atoms with Crippen molar-refractivity contribution >= 4 is 0 Å². The van der Waals surface area contributed by atoms with Crippen LogP contribution in [-0.4, -0.2) is 53.0 Å². The number of likely N-dealkylation sites (N-methyl/N-ethyl adjacent to an activating group) is 1. The van der Waals surface area contributed by atoms with Gasteiger partial charge in [0.15, 0.2) is 0 Å². The summed E-state index contributed by atoms with van der Waals surface area (Å²) in [4.78, 5) is 9.54. The Kier molecular flexibility index (Phi) is 5.36. The van der Waals surface area contributed by atoms with Crippen molar-refractivity contribution in [3.63, 3.8) is 0 Å². The maximum Gasteiger partial charge on any atom is 0.0544 e. The van der Waals surface area contributed by atoms with Gasteiger partial charge < -0.3 is 10.2 Å². The zero-order valence-corrected chi connectivity index (χ0v) is 14.2. The van der Waals surface area contributed by atoms with E-state index in [0.29, 0.717) is 6.04 Å². The number of hydrogen-bond acceptors (Lipinski definition) is 4. The lowest BCUT2D eigenvalue weighted by Crippen LogP contribution is -2.49. The molecule has 1 aliphatic rings. The molecule has 0 radical (unpaired) electrons. The molecule has 1 aromatic rings. The van der Waals surface area contributed by atoms with Crippen LogP contribution in [0.1, 0.15) is 39.0 Å². The molecule has 1 aliphatic heterocycles. The summed E-state index contributed by atoms with van der Waals surface area (Å²) >= 11 is 0. The smallest absolute Gasteiger partial charge is 0.0544 e. The molecular weight excluding hydrogens is 260 g/mol. The van der Waals surface area contributed by atoms with E-state index in [-0.39, 0.29) is 5.54 Å². The van der Waals surface area contributed by atoms with Crippen LogP contribution in [-0.2, 0) is 13.1 Å². The Labute approximate surface area is 129 Å². The second kappa shape index (κ2) is 6.86. The molecule has 21 heavy (non-hydrogen) atoms. The minimum absolute atomic E-state index is 0.147. The summed E-state index contributed by atoms with van der Waals surface area (Å²) in [5.41, 5.74) is 2.57. The van der Waals surface area contributed by atoms with Crippen LogP contribution in [0.25, 0.3) is 0 Å². The number of nitrogens with one attached hydrogen (secondary N) is 1. The van der Waals surface area contributed by atoms with Crippen LogP contribution < -0.4 is 5.32 Å². The second-order valence-corrected chi connectivity index (χ2v) is 7.33. The van der Waals surface area contributed by atoms with Crippen molar-refractivity contribution in [1.29, 1.82) is 0 Å². The number of rotatable bonds is 4. The number of aromatic nitrogens is 1. The average Bonchev–Trinajstić information content (AvgIpc) is 2.41. The van der Waals surface area contributed by atoms with Crippen molar-refractivity contribution in [2.24, 2.45) is 0 Å². The summed E-state index contributed by atoms with van der Waals surface area (Å²) in [5, 5.41) is 3.49. The Bertz CT molecular complexity index is 435. The lowest BCUT2D eigenvalue weighted by Gasteiger charge is -2.37. The molecule has 1 saturated heterocycles. The van der Waals surface area contributed by atoms with Crippen LogP contribution in [0.5, 0.6) is 0 Å². The number of hydrogen-bond donors (Lipinski definition) is 1. The van der Waals surface area contributed by atoms with Crippen molar-refractivity contribution in [2.45, 2.75) is 52.4 Å². The first kappa shape index (κ1) is 16.4. The van der Waals surface area contributed by atoms with Gasteiger partial charge in [-0.1, -0.05) is 6.07 Å². The van der Waals surface area contributed by atoms with Crippen molar-refractivity contribution in [3.8, 4) is 0 Å². The average molecular weight is 290 g/mol. The summed E-state index contributed by atoms with van der Waals surface area (Å²) in [5.74, 6) is 0. The van der Waals surface area contributed by atoms with Crippen molar-refractivity contribution < 1.29 is 0 Å². The lowest BCUT2D eigenvalue weighted by atomic mass is 10.1. The summed E-state index contributed by atoms with van der Waals surface area (Å²) < 4.78 is 0. The predicted octanol–water partition coefficient (Wildman–Crippen LogP) is 2.11. The fourth-order valence-corrected chi connectivity index (χ4v) is 2.52. The van der Waals surface area contributed by atoms with E-state index in [4.69, 9.17) is 0 Å². The van der Waals surface area contributed by atoms with Gasteiger partial charge in [0.1, 0.15) is 0 Å². The molecule has 1 aromatic heterocycles. The summed E-state index contributed by atoms with van der Waals surface area (Å²) in [7, 11) is 2.21. The van der Waals surface area contributed by atoms with Crippen LogP contribution in [0.3, 0.4) is 0 Å². The van der Waals surface area contributed by atoms with E-state index in [2.05, 4.69) is 67.0 Å². The number of piperazine rings is 1. The molecule has 4 nitrogen and oxygen atoms in total. The zero-order valence-electron chi connectivity index (χ0n) is 14.2. The highest BCUT2D eigenvalue weighted by atomic mass is 15.3. The fourth-order valence-electron chi connectivity index (χ4n) is 2.52. The number of nitrogens with zero attached hydrogens (tertiary/aromatic N) is 3. The topological polar surface area (TPSA) is 31.4 Å². The van der Waals surface area contributed by atoms with Crippen molar-refractivity contribution in [2.75, 3.05) is 26.7 Å². The minimum Gasteiger partial charge on any atom is -0.308 e. The lowest BCUT2D eigenvalue weighted by molar-refractivity contribution is 0.0990. The Balaban J connectivity index is 1.85. The molecule has 2 rings (SSSR count). The van der Waals surface area contributed by atoms with Gasteiger partial charge in [-0.05, 0) is 46.4 Å². The molecule has 0 aliphatic carbocycles. The minimum atomic E-state index is 0.147. The highest BCUT2D eigenvalue weighted by Gasteiger charge is 2.20.